The van der Waals surface area contributed by atoms with Crippen molar-refractivity contribution in [3.63, 3.8) is 0 Å². The Labute approximate surface area is 76.6 Å². The third-order valence-electron chi connectivity index (χ3n) is 2.05. The predicted molar refractivity (Wildman–Crippen MR) is 51.8 cm³/mol. The second kappa shape index (κ2) is 3.05. The van der Waals surface area contributed by atoms with E-state index in [9.17, 15) is 4.79 Å². The summed E-state index contributed by atoms with van der Waals surface area (Å²) < 4.78 is 0. The van der Waals surface area contributed by atoms with Gasteiger partial charge in [-0.15, -0.1) is 0 Å². The van der Waals surface area contributed by atoms with Gasteiger partial charge in [0.25, 0.3) is 0 Å². The Kier molecular flexibility index (Phi) is 1.89. The normalized spacial score (nSPS) is 10.5. The van der Waals surface area contributed by atoms with Gasteiger partial charge < -0.3 is 4.98 Å². The zero-order chi connectivity index (χ0) is 9.26. The van der Waals surface area contributed by atoms with Crippen LogP contribution in [-0.2, 0) is 0 Å². The molecule has 0 bridgehead atoms. The summed E-state index contributed by atoms with van der Waals surface area (Å²) in [7, 11) is 0. The van der Waals surface area contributed by atoms with Crippen molar-refractivity contribution in [3.05, 3.63) is 36.0 Å². The van der Waals surface area contributed by atoms with Gasteiger partial charge in [-0.25, -0.2) is 0 Å². The van der Waals surface area contributed by atoms with Crippen LogP contribution in [0.5, 0.6) is 0 Å². The maximum absolute atomic E-state index is 11.3. The summed E-state index contributed by atoms with van der Waals surface area (Å²) in [6.45, 7) is 1.85. The van der Waals surface area contributed by atoms with Gasteiger partial charge in [0.2, 0.25) is 0 Å². The zero-order valence-electron chi connectivity index (χ0n) is 7.42. The molecule has 13 heavy (non-hydrogen) atoms. The smallest absolute Gasteiger partial charge is 0.179 e. The van der Waals surface area contributed by atoms with Crippen molar-refractivity contribution in [1.29, 1.82) is 0 Å². The monoisotopic (exact) mass is 172 g/mol. The largest absolute Gasteiger partial charge is 0.352 e. The van der Waals surface area contributed by atoms with E-state index in [1.54, 1.807) is 0 Å². The topological polar surface area (TPSA) is 32.9 Å². The highest BCUT2D eigenvalue weighted by atomic mass is 16.1. The number of hydrogen-bond donors (Lipinski definition) is 1. The molecule has 1 N–H and O–H groups in total. The first-order valence-corrected chi connectivity index (χ1v) is 4.34. The molecule has 65 valence electrons. The lowest BCUT2D eigenvalue weighted by atomic mass is 10.2. The Morgan fingerprint density at radius 1 is 1.46 bits per heavy atom. The molecule has 0 unspecified atom stereocenters. The van der Waals surface area contributed by atoms with Crippen LogP contribution in [0.3, 0.4) is 0 Å². The highest BCUT2D eigenvalue weighted by molar-refractivity contribution is 5.98. The number of nitrogens with one attached hydrogen (secondary N) is 1. The first kappa shape index (κ1) is 8.05. The minimum Gasteiger partial charge on any atom is -0.352 e. The summed E-state index contributed by atoms with van der Waals surface area (Å²) in [6.07, 6.45) is 0.517. The lowest BCUT2D eigenvalue weighted by molar-refractivity contribution is 0.0984. The standard InChI is InChI=1S/C11H10NO/c1-2-11(13)10-7-8-5-3-4-6-9(8)12-10/h3-6,12H,2H2,1H3. The van der Waals surface area contributed by atoms with Crippen LogP contribution in [0, 0.1) is 6.07 Å². The van der Waals surface area contributed by atoms with Crippen LogP contribution in [-0.4, -0.2) is 10.8 Å². The third kappa shape index (κ3) is 1.35. The lowest BCUT2D eigenvalue weighted by Crippen LogP contribution is -1.95. The van der Waals surface area contributed by atoms with Crippen LogP contribution in [0.15, 0.2) is 24.3 Å². The molecule has 0 fully saturated rings. The Bertz CT molecular complexity index is 409. The number of fused-ring (bicyclic) bond motifs is 1. The van der Waals surface area contributed by atoms with Gasteiger partial charge in [0.1, 0.15) is 0 Å². The summed E-state index contributed by atoms with van der Waals surface area (Å²) in [6, 6.07) is 10.8. The highest BCUT2D eigenvalue weighted by Crippen LogP contribution is 2.14. The van der Waals surface area contributed by atoms with Crippen molar-refractivity contribution < 1.29 is 4.79 Å². The van der Waals surface area contributed by atoms with Crippen LogP contribution < -0.4 is 0 Å². The van der Waals surface area contributed by atoms with Gasteiger partial charge in [-0.1, -0.05) is 25.1 Å². The number of carbonyl (C=O) groups excluding carboxylic acids is 1. The average molecular weight is 172 g/mol. The molecule has 0 atom stereocenters. The van der Waals surface area contributed by atoms with Crippen LogP contribution >= 0.6 is 0 Å². The summed E-state index contributed by atoms with van der Waals surface area (Å²) in [5.74, 6) is 0.108. The Morgan fingerprint density at radius 2 is 2.23 bits per heavy atom. The molecule has 0 saturated carbocycles. The fourth-order valence-corrected chi connectivity index (χ4v) is 1.32. The summed E-state index contributed by atoms with van der Waals surface area (Å²) in [5.41, 5.74) is 1.56. The predicted octanol–water partition coefficient (Wildman–Crippen LogP) is 2.56. The van der Waals surface area contributed by atoms with Crippen LogP contribution in [0.2, 0.25) is 0 Å². The molecule has 0 aliphatic carbocycles. The van der Waals surface area contributed by atoms with Crippen molar-refractivity contribution in [2.45, 2.75) is 13.3 Å². The Hall–Kier alpha value is -1.57. The van der Waals surface area contributed by atoms with Crippen LogP contribution in [0.25, 0.3) is 10.9 Å². The number of H-pyrrole nitrogens is 1. The minimum absolute atomic E-state index is 0.108. The maximum atomic E-state index is 11.3. The molecule has 0 amide bonds. The van der Waals surface area contributed by atoms with E-state index >= 15 is 0 Å². The highest BCUT2D eigenvalue weighted by Gasteiger charge is 2.06. The number of hydrogen-bond acceptors (Lipinski definition) is 1. The van der Waals surface area contributed by atoms with E-state index in [0.717, 1.165) is 10.9 Å². The van der Waals surface area contributed by atoms with Gasteiger partial charge in [-0.05, 0) is 6.07 Å². The Balaban J connectivity index is 2.56. The number of aromatic nitrogens is 1. The van der Waals surface area contributed by atoms with E-state index in [1.807, 2.05) is 31.2 Å². The molecule has 2 heteroatoms. The lowest BCUT2D eigenvalue weighted by Gasteiger charge is -1.88. The van der Waals surface area contributed by atoms with Gasteiger partial charge >= 0.3 is 0 Å². The molecule has 0 spiro atoms. The van der Waals surface area contributed by atoms with E-state index in [4.69, 9.17) is 0 Å². The first-order valence-electron chi connectivity index (χ1n) is 4.34. The quantitative estimate of drug-likeness (QED) is 0.694. The molecule has 2 rings (SSSR count). The van der Waals surface area contributed by atoms with Gasteiger partial charge in [0.05, 0.1) is 5.69 Å². The van der Waals surface area contributed by atoms with Gasteiger partial charge in [-0.3, -0.25) is 4.79 Å². The molecule has 0 aliphatic rings. The molecule has 1 aromatic heterocycles. The van der Waals surface area contributed by atoms with Crippen molar-refractivity contribution in [3.8, 4) is 0 Å². The van der Waals surface area contributed by atoms with Gasteiger partial charge in [0.15, 0.2) is 5.78 Å². The number of ketones is 1. The van der Waals surface area contributed by atoms with Crippen molar-refractivity contribution in [1.82, 2.24) is 4.98 Å². The van der Waals surface area contributed by atoms with Crippen molar-refractivity contribution >= 4 is 16.7 Å². The third-order valence-corrected chi connectivity index (χ3v) is 2.05. The molecule has 0 aliphatic heterocycles. The number of Topliss-reactive ketones (excluding diaryl/α,β-unsaturated/α-hetero) is 1. The minimum atomic E-state index is 0.108. The molecule has 2 aromatic rings. The number of rotatable bonds is 2. The maximum Gasteiger partial charge on any atom is 0.179 e. The fraction of sp³-hybridized carbons (Fsp3) is 0.182. The average Bonchev–Trinajstić information content (AvgIpc) is 2.59. The van der Waals surface area contributed by atoms with Gasteiger partial charge in [-0.2, -0.15) is 0 Å². The number of benzene rings is 1. The zero-order valence-corrected chi connectivity index (χ0v) is 7.42. The van der Waals surface area contributed by atoms with E-state index in [1.165, 1.54) is 0 Å². The first-order chi connectivity index (χ1) is 6.31. The van der Waals surface area contributed by atoms with E-state index in [0.29, 0.717) is 12.1 Å². The molecule has 0 saturated heterocycles. The number of carbonyl (C=O) groups is 1. The Morgan fingerprint density at radius 3 is 2.92 bits per heavy atom. The molecule has 1 aromatic carbocycles. The summed E-state index contributed by atoms with van der Waals surface area (Å²) in [5, 5.41) is 0.972. The van der Waals surface area contributed by atoms with E-state index < -0.39 is 0 Å². The summed E-state index contributed by atoms with van der Waals surface area (Å²) >= 11 is 0. The van der Waals surface area contributed by atoms with Gasteiger partial charge in [0, 0.05) is 23.4 Å². The fourth-order valence-electron chi connectivity index (χ4n) is 1.32. The summed E-state index contributed by atoms with van der Waals surface area (Å²) in [4.78, 5) is 14.4. The molecular weight excluding hydrogens is 162 g/mol. The van der Waals surface area contributed by atoms with Crippen molar-refractivity contribution in [2.75, 3.05) is 0 Å². The van der Waals surface area contributed by atoms with E-state index in [2.05, 4.69) is 11.1 Å². The SMILES string of the molecule is CCC(=O)c1[c]c2ccccc2[nH]1. The molecule has 1 heterocycles. The number of para-hydroxylation sites is 1. The van der Waals surface area contributed by atoms with Crippen LogP contribution in [0.4, 0.5) is 0 Å². The van der Waals surface area contributed by atoms with Crippen LogP contribution in [0.1, 0.15) is 23.8 Å². The molecular formula is C11H10NO. The van der Waals surface area contributed by atoms with E-state index in [-0.39, 0.29) is 5.78 Å². The van der Waals surface area contributed by atoms with Crippen molar-refractivity contribution in [2.24, 2.45) is 0 Å². The molecule has 2 nitrogen and oxygen atoms in total. The molecule has 1 radical (unpaired) electrons. The number of aromatic amines is 1. The second-order valence-electron chi connectivity index (χ2n) is 2.95. The second-order valence-corrected chi connectivity index (χ2v) is 2.95.